The lowest BCUT2D eigenvalue weighted by Gasteiger charge is -2.26. The highest BCUT2D eigenvalue weighted by molar-refractivity contribution is 5.91. The van der Waals surface area contributed by atoms with Crippen LogP contribution in [0.4, 0.5) is 0 Å². The van der Waals surface area contributed by atoms with Crippen LogP contribution in [0.15, 0.2) is 0 Å². The van der Waals surface area contributed by atoms with E-state index in [2.05, 4.69) is 11.1 Å². The normalized spacial score (nSPS) is 22.4. The third-order valence-electron chi connectivity index (χ3n) is 2.97. The van der Waals surface area contributed by atoms with E-state index >= 15 is 0 Å². The van der Waals surface area contributed by atoms with Gasteiger partial charge in [0, 0.05) is 6.54 Å². The first-order valence-electron chi connectivity index (χ1n) is 5.99. The maximum absolute atomic E-state index is 11.9. The number of hydrogen-bond acceptors (Lipinski definition) is 4. The van der Waals surface area contributed by atoms with Gasteiger partial charge in [-0.25, -0.2) is 0 Å². The molecular formula is C11H19N3O4. The predicted octanol–water partition coefficient (Wildman–Crippen LogP) is -3.14. The lowest BCUT2D eigenvalue weighted by atomic mass is 10.1. The first-order chi connectivity index (χ1) is 8.34. The monoisotopic (exact) mass is 257 g/mol. The third-order valence-corrected chi connectivity index (χ3v) is 2.97. The maximum atomic E-state index is 11.9. The van der Waals surface area contributed by atoms with E-state index in [-0.39, 0.29) is 5.91 Å². The van der Waals surface area contributed by atoms with Gasteiger partial charge >= 0.3 is 0 Å². The minimum Gasteiger partial charge on any atom is -0.548 e. The van der Waals surface area contributed by atoms with Crippen LogP contribution in [0.2, 0.25) is 0 Å². The molecule has 1 aliphatic rings. The van der Waals surface area contributed by atoms with Gasteiger partial charge in [-0.2, -0.15) is 0 Å². The molecular weight excluding hydrogens is 238 g/mol. The number of quaternary nitrogens is 1. The van der Waals surface area contributed by atoms with Gasteiger partial charge in [0.25, 0.3) is 5.91 Å². The number of carbonyl (C=O) groups excluding carboxylic acids is 3. The molecule has 102 valence electrons. The van der Waals surface area contributed by atoms with Gasteiger partial charge in [-0.05, 0) is 26.7 Å². The third kappa shape index (κ3) is 3.19. The minimum atomic E-state index is -1.34. The molecule has 0 spiro atoms. The zero-order valence-electron chi connectivity index (χ0n) is 10.6. The number of rotatable bonds is 4. The number of carboxylic acid groups (broad SMARTS) is 1. The van der Waals surface area contributed by atoms with Gasteiger partial charge in [0.2, 0.25) is 5.91 Å². The lowest BCUT2D eigenvalue weighted by Crippen LogP contribution is -2.67. The van der Waals surface area contributed by atoms with Crippen molar-refractivity contribution in [2.24, 2.45) is 0 Å². The molecule has 3 atom stereocenters. The van der Waals surface area contributed by atoms with E-state index in [1.807, 2.05) is 0 Å². The Hall–Kier alpha value is -1.63. The van der Waals surface area contributed by atoms with Crippen LogP contribution in [0.25, 0.3) is 0 Å². The molecule has 7 heteroatoms. The summed E-state index contributed by atoms with van der Waals surface area (Å²) in [7, 11) is 0. The molecule has 0 aliphatic carbocycles. The summed E-state index contributed by atoms with van der Waals surface area (Å²) in [5.74, 6) is -1.98. The molecule has 0 aromatic carbocycles. The van der Waals surface area contributed by atoms with E-state index in [0.29, 0.717) is 13.0 Å². The Morgan fingerprint density at radius 3 is 2.50 bits per heavy atom. The summed E-state index contributed by atoms with van der Waals surface area (Å²) in [6.45, 7) is 3.51. The quantitative estimate of drug-likeness (QED) is 0.553. The average molecular weight is 257 g/mol. The van der Waals surface area contributed by atoms with Crippen LogP contribution in [0.1, 0.15) is 26.7 Å². The average Bonchev–Trinajstić information content (AvgIpc) is 2.76. The highest BCUT2D eigenvalue weighted by atomic mass is 16.4. The zero-order chi connectivity index (χ0) is 13.9. The van der Waals surface area contributed by atoms with Crippen molar-refractivity contribution >= 4 is 17.8 Å². The smallest absolute Gasteiger partial charge is 0.281 e. The summed E-state index contributed by atoms with van der Waals surface area (Å²) >= 11 is 0. The Labute approximate surface area is 105 Å². The van der Waals surface area contributed by atoms with Crippen LogP contribution in [0, 0.1) is 0 Å². The molecule has 1 saturated heterocycles. The first kappa shape index (κ1) is 14.4. The number of amides is 2. The molecule has 18 heavy (non-hydrogen) atoms. The standard InChI is InChI=1S/C11H19N3O4/c1-6(12)10(16)14-5-3-4-8(14)9(15)13-7(2)11(17)18/h6-8H,3-5,12H2,1-2H3,(H,13,15)(H,17,18)/t6-,7-,8-/m0/s1. The molecule has 0 bridgehead atoms. The molecule has 1 rings (SSSR count). The Morgan fingerprint density at radius 2 is 2.00 bits per heavy atom. The largest absolute Gasteiger partial charge is 0.548 e. The van der Waals surface area contributed by atoms with E-state index in [4.69, 9.17) is 0 Å². The summed E-state index contributed by atoms with van der Waals surface area (Å²) in [4.78, 5) is 35.7. The molecule has 0 aromatic rings. The fourth-order valence-corrected chi connectivity index (χ4v) is 1.95. The lowest BCUT2D eigenvalue weighted by molar-refractivity contribution is -0.400. The van der Waals surface area contributed by atoms with Crippen molar-refractivity contribution in [3.05, 3.63) is 0 Å². The van der Waals surface area contributed by atoms with Crippen LogP contribution < -0.4 is 16.2 Å². The van der Waals surface area contributed by atoms with Crippen LogP contribution in [0.5, 0.6) is 0 Å². The van der Waals surface area contributed by atoms with E-state index in [9.17, 15) is 19.5 Å². The molecule has 4 N–H and O–H groups in total. The van der Waals surface area contributed by atoms with Gasteiger partial charge < -0.3 is 25.9 Å². The summed E-state index contributed by atoms with van der Waals surface area (Å²) in [6, 6.07) is -2.08. The Balaban J connectivity index is 2.67. The number of nitrogens with zero attached hydrogens (tertiary/aromatic N) is 1. The van der Waals surface area contributed by atoms with Crippen molar-refractivity contribution in [2.75, 3.05) is 6.54 Å². The fraction of sp³-hybridized carbons (Fsp3) is 0.727. The molecule has 1 fully saturated rings. The first-order valence-corrected chi connectivity index (χ1v) is 5.99. The van der Waals surface area contributed by atoms with Crippen LogP contribution in [-0.2, 0) is 14.4 Å². The Morgan fingerprint density at radius 1 is 1.39 bits per heavy atom. The molecule has 0 saturated carbocycles. The van der Waals surface area contributed by atoms with Crippen LogP contribution in [-0.4, -0.2) is 47.4 Å². The van der Waals surface area contributed by atoms with Gasteiger partial charge in [0.05, 0.1) is 12.0 Å². The molecule has 1 aliphatic heterocycles. The van der Waals surface area contributed by atoms with Crippen molar-refractivity contribution < 1.29 is 25.2 Å². The zero-order valence-corrected chi connectivity index (χ0v) is 10.6. The SMILES string of the molecule is C[C@H]([NH3+])C(=O)N1CCC[C@H]1C(=O)N[C@@H](C)C(=O)[O-]. The van der Waals surface area contributed by atoms with Crippen molar-refractivity contribution in [1.82, 2.24) is 10.2 Å². The van der Waals surface area contributed by atoms with Gasteiger partial charge in [-0.15, -0.1) is 0 Å². The van der Waals surface area contributed by atoms with Crippen LogP contribution in [0.3, 0.4) is 0 Å². The summed E-state index contributed by atoms with van der Waals surface area (Å²) in [5.41, 5.74) is 3.64. The predicted molar refractivity (Wildman–Crippen MR) is 59.7 cm³/mol. The van der Waals surface area contributed by atoms with E-state index < -0.39 is 30.0 Å². The second-order valence-corrected chi connectivity index (χ2v) is 4.64. The van der Waals surface area contributed by atoms with Gasteiger partial charge in [0.1, 0.15) is 6.04 Å². The van der Waals surface area contributed by atoms with E-state index in [1.165, 1.54) is 11.8 Å². The topological polar surface area (TPSA) is 117 Å². The number of carbonyl (C=O) groups is 3. The highest BCUT2D eigenvalue weighted by Gasteiger charge is 2.36. The molecule has 2 amide bonds. The van der Waals surface area contributed by atoms with E-state index in [1.54, 1.807) is 6.92 Å². The number of nitrogens with one attached hydrogen (secondary N) is 1. The summed E-state index contributed by atoms with van der Waals surface area (Å²) in [5, 5.41) is 12.9. The maximum Gasteiger partial charge on any atom is 0.281 e. The molecule has 1 heterocycles. The van der Waals surface area contributed by atoms with Crippen molar-refractivity contribution in [3.63, 3.8) is 0 Å². The highest BCUT2D eigenvalue weighted by Crippen LogP contribution is 2.18. The van der Waals surface area contributed by atoms with Gasteiger partial charge in [0.15, 0.2) is 6.04 Å². The second-order valence-electron chi connectivity index (χ2n) is 4.64. The van der Waals surface area contributed by atoms with E-state index in [0.717, 1.165) is 6.42 Å². The number of aliphatic carboxylic acids is 1. The number of hydrogen-bond donors (Lipinski definition) is 2. The minimum absolute atomic E-state index is 0.186. The summed E-state index contributed by atoms with van der Waals surface area (Å²) < 4.78 is 0. The second kappa shape index (κ2) is 5.81. The molecule has 7 nitrogen and oxygen atoms in total. The van der Waals surface area contributed by atoms with Gasteiger partial charge in [-0.1, -0.05) is 0 Å². The number of likely N-dealkylation sites (tertiary alicyclic amines) is 1. The Bertz CT molecular complexity index is 356. The fourth-order valence-electron chi connectivity index (χ4n) is 1.95. The molecule has 0 unspecified atom stereocenters. The van der Waals surface area contributed by atoms with Crippen molar-refractivity contribution in [1.29, 1.82) is 0 Å². The molecule has 0 radical (unpaired) electrons. The van der Waals surface area contributed by atoms with Gasteiger partial charge in [-0.3, -0.25) is 9.59 Å². The van der Waals surface area contributed by atoms with Crippen molar-refractivity contribution in [2.45, 2.75) is 44.8 Å². The van der Waals surface area contributed by atoms with Crippen LogP contribution >= 0.6 is 0 Å². The molecule has 0 aromatic heterocycles. The number of carboxylic acids is 1. The Kier molecular flexibility index (Phi) is 4.66. The van der Waals surface area contributed by atoms with Crippen molar-refractivity contribution in [3.8, 4) is 0 Å². The summed E-state index contributed by atoms with van der Waals surface area (Å²) in [6.07, 6.45) is 1.28.